The summed E-state index contributed by atoms with van der Waals surface area (Å²) in [5, 5.41) is 2.49. The molecular formula is C22H22FNO6. The number of hydrogen-bond acceptors (Lipinski definition) is 6. The van der Waals surface area contributed by atoms with E-state index in [0.717, 1.165) is 11.6 Å². The highest BCUT2D eigenvalue weighted by Crippen LogP contribution is 2.18. The summed E-state index contributed by atoms with van der Waals surface area (Å²) in [6, 6.07) is 12.4. The minimum atomic E-state index is -0.915. The smallest absolute Gasteiger partial charge is 0.331 e. The summed E-state index contributed by atoms with van der Waals surface area (Å²) < 4.78 is 28.0. The van der Waals surface area contributed by atoms with Gasteiger partial charge in [-0.15, -0.1) is 0 Å². The number of hydrogen-bond donors (Lipinski definition) is 1. The van der Waals surface area contributed by atoms with Crippen LogP contribution in [-0.4, -0.2) is 44.7 Å². The van der Waals surface area contributed by atoms with Gasteiger partial charge in [0.05, 0.1) is 14.2 Å². The molecule has 2 aromatic carbocycles. The lowest BCUT2D eigenvalue weighted by Crippen LogP contribution is -2.44. The zero-order valence-electron chi connectivity index (χ0n) is 16.6. The number of ether oxygens (including phenoxy) is 3. The van der Waals surface area contributed by atoms with Gasteiger partial charge in [0.2, 0.25) is 0 Å². The maximum atomic E-state index is 13.6. The number of carbonyl (C=O) groups is 3. The zero-order chi connectivity index (χ0) is 21.9. The van der Waals surface area contributed by atoms with Gasteiger partial charge in [-0.3, -0.25) is 4.79 Å². The molecule has 0 aliphatic carbocycles. The van der Waals surface area contributed by atoms with E-state index in [4.69, 9.17) is 14.2 Å². The number of rotatable bonds is 9. The molecule has 8 heteroatoms. The quantitative estimate of drug-likeness (QED) is 0.499. The van der Waals surface area contributed by atoms with E-state index < -0.39 is 36.3 Å². The summed E-state index contributed by atoms with van der Waals surface area (Å²) in [5.74, 6) is -2.54. The Hall–Kier alpha value is -3.68. The Bertz CT molecular complexity index is 913. The van der Waals surface area contributed by atoms with Gasteiger partial charge in [0, 0.05) is 12.5 Å². The van der Waals surface area contributed by atoms with Crippen molar-refractivity contribution in [1.82, 2.24) is 5.32 Å². The molecule has 0 fully saturated rings. The third-order valence-electron chi connectivity index (χ3n) is 4.04. The maximum Gasteiger partial charge on any atom is 0.331 e. The van der Waals surface area contributed by atoms with Crippen LogP contribution in [0.25, 0.3) is 6.08 Å². The lowest BCUT2D eigenvalue weighted by Gasteiger charge is -2.16. The van der Waals surface area contributed by atoms with Gasteiger partial charge in [0.25, 0.3) is 5.91 Å². The first-order valence-corrected chi connectivity index (χ1v) is 9.02. The van der Waals surface area contributed by atoms with Gasteiger partial charge in [0.15, 0.2) is 18.2 Å². The van der Waals surface area contributed by atoms with Crippen molar-refractivity contribution in [3.63, 3.8) is 0 Å². The number of halogens is 1. The van der Waals surface area contributed by atoms with Crippen LogP contribution in [0.4, 0.5) is 4.39 Å². The van der Waals surface area contributed by atoms with Crippen LogP contribution in [0, 0.1) is 5.82 Å². The summed E-state index contributed by atoms with van der Waals surface area (Å²) in [7, 11) is 2.57. The Kier molecular flexibility index (Phi) is 8.56. The lowest BCUT2D eigenvalue weighted by molar-refractivity contribution is -0.147. The van der Waals surface area contributed by atoms with Crippen molar-refractivity contribution >= 4 is 23.9 Å². The summed E-state index contributed by atoms with van der Waals surface area (Å²) in [6.45, 7) is -0.581. The summed E-state index contributed by atoms with van der Waals surface area (Å²) in [5.41, 5.74) is 1.25. The van der Waals surface area contributed by atoms with Crippen LogP contribution in [0.5, 0.6) is 5.75 Å². The van der Waals surface area contributed by atoms with Crippen LogP contribution in [0.15, 0.2) is 54.6 Å². The van der Waals surface area contributed by atoms with Gasteiger partial charge >= 0.3 is 11.9 Å². The molecule has 0 radical (unpaired) electrons. The van der Waals surface area contributed by atoms with E-state index in [-0.39, 0.29) is 12.2 Å². The minimum Gasteiger partial charge on any atom is -0.494 e. The standard InChI is InChI=1S/C22H22FNO6/c1-28-19-10-8-16(12-17(19)23)9-11-21(26)30-14-20(25)24-18(22(27)29-2)13-15-6-4-3-5-7-15/h3-12,18H,13-14H2,1-2H3,(H,24,25)/b11-9+/t18-/m1/s1. The second-order valence-corrected chi connectivity index (χ2v) is 6.17. The minimum absolute atomic E-state index is 0.0852. The van der Waals surface area contributed by atoms with Gasteiger partial charge in [-0.2, -0.15) is 0 Å². The van der Waals surface area contributed by atoms with Crippen molar-refractivity contribution < 1.29 is 33.0 Å². The van der Waals surface area contributed by atoms with Gasteiger partial charge < -0.3 is 19.5 Å². The molecule has 30 heavy (non-hydrogen) atoms. The average molecular weight is 415 g/mol. The molecule has 1 N–H and O–H groups in total. The van der Waals surface area contributed by atoms with Gasteiger partial charge in [-0.1, -0.05) is 36.4 Å². The fourth-order valence-corrected chi connectivity index (χ4v) is 2.56. The van der Waals surface area contributed by atoms with Crippen molar-refractivity contribution in [2.24, 2.45) is 0 Å². The van der Waals surface area contributed by atoms with Crippen LogP contribution in [0.2, 0.25) is 0 Å². The van der Waals surface area contributed by atoms with E-state index in [1.807, 2.05) is 30.3 Å². The van der Waals surface area contributed by atoms with E-state index in [0.29, 0.717) is 5.56 Å². The van der Waals surface area contributed by atoms with E-state index in [2.05, 4.69) is 5.32 Å². The van der Waals surface area contributed by atoms with E-state index in [9.17, 15) is 18.8 Å². The molecule has 0 saturated carbocycles. The van der Waals surface area contributed by atoms with Crippen LogP contribution >= 0.6 is 0 Å². The van der Waals surface area contributed by atoms with Gasteiger partial charge in [-0.25, -0.2) is 14.0 Å². The van der Waals surface area contributed by atoms with Gasteiger partial charge in [-0.05, 0) is 29.3 Å². The van der Waals surface area contributed by atoms with E-state index in [1.165, 1.54) is 32.4 Å². The molecule has 158 valence electrons. The molecule has 0 heterocycles. The topological polar surface area (TPSA) is 90.9 Å². The van der Waals surface area contributed by atoms with Crippen molar-refractivity contribution in [2.75, 3.05) is 20.8 Å². The summed E-state index contributed by atoms with van der Waals surface area (Å²) in [4.78, 5) is 35.8. The molecule has 0 spiro atoms. The van der Waals surface area contributed by atoms with Crippen LogP contribution in [-0.2, 0) is 30.3 Å². The fraction of sp³-hybridized carbons (Fsp3) is 0.227. The zero-order valence-corrected chi connectivity index (χ0v) is 16.6. The largest absolute Gasteiger partial charge is 0.494 e. The maximum absolute atomic E-state index is 13.6. The van der Waals surface area contributed by atoms with Crippen molar-refractivity contribution in [2.45, 2.75) is 12.5 Å². The normalized spacial score (nSPS) is 11.6. The lowest BCUT2D eigenvalue weighted by atomic mass is 10.1. The van der Waals surface area contributed by atoms with Crippen molar-refractivity contribution in [1.29, 1.82) is 0 Å². The summed E-state index contributed by atoms with van der Waals surface area (Å²) >= 11 is 0. The molecule has 0 bridgehead atoms. The first-order valence-electron chi connectivity index (χ1n) is 9.02. The predicted molar refractivity (Wildman–Crippen MR) is 107 cm³/mol. The Balaban J connectivity index is 1.87. The first-order chi connectivity index (χ1) is 14.4. The fourth-order valence-electron chi connectivity index (χ4n) is 2.56. The third-order valence-corrected chi connectivity index (χ3v) is 4.04. The van der Waals surface area contributed by atoms with E-state index >= 15 is 0 Å². The molecule has 0 saturated heterocycles. The molecule has 2 rings (SSSR count). The number of benzene rings is 2. The predicted octanol–water partition coefficient (Wildman–Crippen LogP) is 2.29. The Morgan fingerprint density at radius 1 is 1.10 bits per heavy atom. The summed E-state index contributed by atoms with van der Waals surface area (Å²) in [6.07, 6.45) is 2.64. The van der Waals surface area contributed by atoms with Crippen molar-refractivity contribution in [3.05, 3.63) is 71.6 Å². The molecule has 0 aliphatic heterocycles. The Morgan fingerprint density at radius 2 is 1.83 bits per heavy atom. The van der Waals surface area contributed by atoms with Crippen LogP contribution in [0.3, 0.4) is 0 Å². The molecular weight excluding hydrogens is 393 g/mol. The second kappa shape index (κ2) is 11.4. The number of nitrogens with one attached hydrogen (secondary N) is 1. The number of amides is 1. The number of methoxy groups -OCH3 is 2. The highest BCUT2D eigenvalue weighted by atomic mass is 19.1. The van der Waals surface area contributed by atoms with Crippen molar-refractivity contribution in [3.8, 4) is 5.75 Å². The molecule has 2 aromatic rings. The molecule has 0 unspecified atom stereocenters. The number of carbonyl (C=O) groups excluding carboxylic acids is 3. The molecule has 7 nitrogen and oxygen atoms in total. The first kappa shape index (κ1) is 22.6. The van der Waals surface area contributed by atoms with Crippen LogP contribution < -0.4 is 10.1 Å². The Morgan fingerprint density at radius 3 is 2.47 bits per heavy atom. The third kappa shape index (κ3) is 7.05. The Labute approximate surface area is 173 Å². The monoisotopic (exact) mass is 415 g/mol. The van der Waals surface area contributed by atoms with Crippen LogP contribution in [0.1, 0.15) is 11.1 Å². The van der Waals surface area contributed by atoms with E-state index in [1.54, 1.807) is 6.07 Å². The highest BCUT2D eigenvalue weighted by Gasteiger charge is 2.22. The SMILES string of the molecule is COC(=O)[C@@H](Cc1ccccc1)NC(=O)COC(=O)/C=C/c1ccc(OC)c(F)c1. The average Bonchev–Trinajstić information content (AvgIpc) is 2.76. The van der Waals surface area contributed by atoms with Gasteiger partial charge in [0.1, 0.15) is 6.04 Å². The number of esters is 2. The second-order valence-electron chi connectivity index (χ2n) is 6.17. The molecule has 1 amide bonds. The molecule has 1 atom stereocenters. The molecule has 0 aromatic heterocycles. The molecule has 0 aliphatic rings. The highest BCUT2D eigenvalue weighted by molar-refractivity contribution is 5.90.